The van der Waals surface area contributed by atoms with Gasteiger partial charge in [0.2, 0.25) is 17.7 Å². The molecule has 11 nitrogen and oxygen atoms in total. The number of H-pyrrole nitrogens is 1. The minimum Gasteiger partial charge on any atom is -0.337 e. The van der Waals surface area contributed by atoms with Crippen LogP contribution in [0.3, 0.4) is 0 Å². The average molecular weight is 495 g/mol. The molecule has 0 bridgehead atoms. The van der Waals surface area contributed by atoms with Gasteiger partial charge in [-0.1, -0.05) is 41.6 Å². The van der Waals surface area contributed by atoms with Gasteiger partial charge in [-0.05, 0) is 24.6 Å². The quantitative estimate of drug-likeness (QED) is 0.257. The number of anilines is 1. The highest BCUT2D eigenvalue weighted by atomic mass is 19.1. The SMILES string of the molecule is Cc1nccn1Cc1nc(-c2cc(C=NNc3nc(-c4ccccc4)c(C#N)c(=O)[nH]3)ccc2F)no1. The number of halogens is 1. The monoisotopic (exact) mass is 495 g/mol. The van der Waals surface area contributed by atoms with E-state index in [-0.39, 0.29) is 28.6 Å². The molecule has 0 spiro atoms. The molecule has 5 rings (SSSR count). The van der Waals surface area contributed by atoms with Crippen molar-refractivity contribution >= 4 is 12.2 Å². The van der Waals surface area contributed by atoms with Crippen LogP contribution in [0.1, 0.15) is 22.8 Å². The second kappa shape index (κ2) is 10.0. The van der Waals surface area contributed by atoms with Gasteiger partial charge in [0.25, 0.3) is 5.56 Å². The number of nitrogens with one attached hydrogen (secondary N) is 2. The summed E-state index contributed by atoms with van der Waals surface area (Å²) in [4.78, 5) is 27.6. The fraction of sp³-hybridized carbons (Fsp3) is 0.0800. The molecule has 3 aromatic heterocycles. The van der Waals surface area contributed by atoms with Crippen LogP contribution in [0.25, 0.3) is 22.6 Å². The third-order valence-electron chi connectivity index (χ3n) is 5.39. The van der Waals surface area contributed by atoms with Gasteiger partial charge in [-0.25, -0.2) is 19.8 Å². The molecule has 5 aromatic rings. The predicted molar refractivity (Wildman–Crippen MR) is 132 cm³/mol. The van der Waals surface area contributed by atoms with Crippen molar-refractivity contribution in [2.24, 2.45) is 5.10 Å². The maximum Gasteiger partial charge on any atom is 0.270 e. The van der Waals surface area contributed by atoms with Crippen LogP contribution in [0, 0.1) is 24.1 Å². The Kier molecular flexibility index (Phi) is 6.33. The Bertz CT molecular complexity index is 1700. The molecule has 0 saturated heterocycles. The first kappa shape index (κ1) is 23.3. The molecule has 3 heterocycles. The van der Waals surface area contributed by atoms with Crippen LogP contribution in [-0.4, -0.2) is 35.9 Å². The molecule has 0 unspecified atom stereocenters. The minimum atomic E-state index is -0.600. The van der Waals surface area contributed by atoms with Gasteiger partial charge < -0.3 is 9.09 Å². The number of rotatable bonds is 7. The standard InChI is InChI=1S/C25H18FN9O2/c1-15-28-9-10-35(15)14-21-30-23(34-37-21)18-11-16(7-8-20(18)26)13-29-33-25-31-22(17-5-3-2-4-6-17)19(12-27)24(36)32-25/h2-11,13H,14H2,1H3,(H2,31,32,33,36). The van der Waals surface area contributed by atoms with Crippen LogP contribution in [-0.2, 0) is 6.54 Å². The highest BCUT2D eigenvalue weighted by Crippen LogP contribution is 2.22. The first-order chi connectivity index (χ1) is 18.0. The summed E-state index contributed by atoms with van der Waals surface area (Å²) < 4.78 is 21.6. The highest BCUT2D eigenvalue weighted by molar-refractivity contribution is 5.82. The lowest BCUT2D eigenvalue weighted by Crippen LogP contribution is -2.16. The topological polar surface area (TPSA) is 151 Å². The summed E-state index contributed by atoms with van der Waals surface area (Å²) in [6.45, 7) is 2.16. The number of aromatic amines is 1. The Morgan fingerprint density at radius 3 is 2.84 bits per heavy atom. The molecule has 0 radical (unpaired) electrons. The van der Waals surface area contributed by atoms with Gasteiger partial charge in [0.05, 0.1) is 17.5 Å². The van der Waals surface area contributed by atoms with E-state index in [9.17, 15) is 14.4 Å². The molecule has 2 aromatic carbocycles. The van der Waals surface area contributed by atoms with Crippen molar-refractivity contribution in [2.45, 2.75) is 13.5 Å². The third kappa shape index (κ3) is 5.01. The van der Waals surface area contributed by atoms with Crippen molar-refractivity contribution in [1.82, 2.24) is 29.7 Å². The van der Waals surface area contributed by atoms with Gasteiger partial charge in [-0.3, -0.25) is 9.78 Å². The van der Waals surface area contributed by atoms with E-state index in [4.69, 9.17) is 4.52 Å². The van der Waals surface area contributed by atoms with Gasteiger partial charge >= 0.3 is 0 Å². The van der Waals surface area contributed by atoms with Crippen molar-refractivity contribution in [3.05, 3.63) is 99.9 Å². The highest BCUT2D eigenvalue weighted by Gasteiger charge is 2.15. The second-order valence-electron chi connectivity index (χ2n) is 7.84. The maximum absolute atomic E-state index is 14.5. The third-order valence-corrected chi connectivity index (χ3v) is 5.39. The van der Waals surface area contributed by atoms with E-state index >= 15 is 0 Å². The van der Waals surface area contributed by atoms with Crippen molar-refractivity contribution in [3.8, 4) is 28.7 Å². The number of nitriles is 1. The molecule has 182 valence electrons. The number of aromatic nitrogens is 6. The minimum absolute atomic E-state index is 0.0408. The lowest BCUT2D eigenvalue weighted by molar-refractivity contribution is 0.370. The van der Waals surface area contributed by atoms with Crippen LogP contribution >= 0.6 is 0 Å². The van der Waals surface area contributed by atoms with Crippen LogP contribution in [0.5, 0.6) is 0 Å². The molecular formula is C25H18FN9O2. The summed E-state index contributed by atoms with van der Waals surface area (Å²) in [6.07, 6.45) is 4.86. The van der Waals surface area contributed by atoms with Crippen LogP contribution < -0.4 is 11.0 Å². The van der Waals surface area contributed by atoms with E-state index in [1.807, 2.05) is 23.6 Å². The van der Waals surface area contributed by atoms with E-state index in [1.54, 1.807) is 36.7 Å². The predicted octanol–water partition coefficient (Wildman–Crippen LogP) is 3.50. The number of hydrazone groups is 1. The Labute approximate surface area is 209 Å². The number of imidazole rings is 1. The van der Waals surface area contributed by atoms with Gasteiger partial charge in [0.15, 0.2) is 0 Å². The first-order valence-electron chi connectivity index (χ1n) is 11.0. The normalized spacial score (nSPS) is 11.1. The summed E-state index contributed by atoms with van der Waals surface area (Å²) in [5, 5.41) is 17.4. The number of hydrogen-bond acceptors (Lipinski definition) is 9. The van der Waals surface area contributed by atoms with Crippen LogP contribution in [0.2, 0.25) is 0 Å². The van der Waals surface area contributed by atoms with E-state index in [0.717, 1.165) is 5.82 Å². The second-order valence-corrected chi connectivity index (χ2v) is 7.84. The van der Waals surface area contributed by atoms with Crippen LogP contribution in [0.15, 0.2) is 75.3 Å². The molecule has 0 saturated carbocycles. The molecule has 0 aliphatic rings. The zero-order chi connectivity index (χ0) is 25.8. The van der Waals surface area contributed by atoms with Gasteiger partial charge in [0.1, 0.15) is 29.8 Å². The van der Waals surface area contributed by atoms with Crippen molar-refractivity contribution in [3.63, 3.8) is 0 Å². The summed E-state index contributed by atoms with van der Waals surface area (Å²) in [5.41, 5.74) is 3.45. The number of nitrogens with zero attached hydrogens (tertiary/aromatic N) is 7. The first-order valence-corrected chi connectivity index (χ1v) is 11.0. The largest absolute Gasteiger partial charge is 0.337 e. The Morgan fingerprint density at radius 2 is 2.08 bits per heavy atom. The zero-order valence-corrected chi connectivity index (χ0v) is 19.4. The molecule has 0 amide bonds. The molecule has 0 atom stereocenters. The summed E-state index contributed by atoms with van der Waals surface area (Å²) in [7, 11) is 0. The summed E-state index contributed by atoms with van der Waals surface area (Å²) in [5.74, 6) is 0.701. The molecule has 0 aliphatic carbocycles. The number of aryl methyl sites for hydroxylation is 1. The van der Waals surface area contributed by atoms with Gasteiger partial charge in [-0.15, -0.1) is 0 Å². The molecule has 0 fully saturated rings. The zero-order valence-electron chi connectivity index (χ0n) is 19.4. The fourth-order valence-electron chi connectivity index (χ4n) is 3.54. The molecule has 2 N–H and O–H groups in total. The van der Waals surface area contributed by atoms with Crippen molar-refractivity contribution in [1.29, 1.82) is 5.26 Å². The smallest absolute Gasteiger partial charge is 0.270 e. The molecule has 37 heavy (non-hydrogen) atoms. The average Bonchev–Trinajstić information content (AvgIpc) is 3.54. The number of benzene rings is 2. The molecule has 12 heteroatoms. The lowest BCUT2D eigenvalue weighted by atomic mass is 10.1. The Hall–Kier alpha value is -5.44. The number of hydrogen-bond donors (Lipinski definition) is 2. The van der Waals surface area contributed by atoms with Crippen LogP contribution in [0.4, 0.5) is 10.3 Å². The van der Waals surface area contributed by atoms with Crippen molar-refractivity contribution in [2.75, 3.05) is 5.43 Å². The summed E-state index contributed by atoms with van der Waals surface area (Å²) >= 11 is 0. The Morgan fingerprint density at radius 1 is 1.24 bits per heavy atom. The van der Waals surface area contributed by atoms with Crippen molar-refractivity contribution < 1.29 is 8.91 Å². The Balaban J connectivity index is 1.36. The van der Waals surface area contributed by atoms with Gasteiger partial charge in [-0.2, -0.15) is 15.3 Å². The summed E-state index contributed by atoms with van der Waals surface area (Å²) in [6, 6.07) is 15.1. The molecular weight excluding hydrogens is 477 g/mol. The van der Waals surface area contributed by atoms with E-state index in [0.29, 0.717) is 23.6 Å². The van der Waals surface area contributed by atoms with E-state index < -0.39 is 11.4 Å². The fourth-order valence-corrected chi connectivity index (χ4v) is 3.54. The lowest BCUT2D eigenvalue weighted by Gasteiger charge is -2.06. The van der Waals surface area contributed by atoms with Gasteiger partial charge in [0, 0.05) is 18.0 Å². The van der Waals surface area contributed by atoms with E-state index in [2.05, 4.69) is 35.6 Å². The molecule has 0 aliphatic heterocycles. The maximum atomic E-state index is 14.5. The van der Waals surface area contributed by atoms with E-state index in [1.165, 1.54) is 24.4 Å².